The minimum absolute atomic E-state index is 0.241. The second-order valence-electron chi connectivity index (χ2n) is 4.13. The van der Waals surface area contributed by atoms with Gasteiger partial charge in [-0.2, -0.15) is 18.4 Å². The van der Waals surface area contributed by atoms with Crippen molar-refractivity contribution in [3.63, 3.8) is 0 Å². The number of nitrogens with one attached hydrogen (secondary N) is 1. The Kier molecular flexibility index (Phi) is 4.02. The highest BCUT2D eigenvalue weighted by Gasteiger charge is 2.38. The zero-order valence-electron chi connectivity index (χ0n) is 10.8. The minimum Gasteiger partial charge on any atom is -0.297 e. The average molecular weight is 331 g/mol. The SMILES string of the molecule is Cc1cc(C)c(C(=O)Nc2nc(C(F)(F)F)c(C#N)s2)s1. The molecule has 0 aliphatic rings. The summed E-state index contributed by atoms with van der Waals surface area (Å²) in [7, 11) is 0. The van der Waals surface area contributed by atoms with Crippen LogP contribution in [0.2, 0.25) is 0 Å². The summed E-state index contributed by atoms with van der Waals surface area (Å²) in [5.41, 5.74) is -0.535. The number of carbonyl (C=O) groups excluding carboxylic acids is 1. The summed E-state index contributed by atoms with van der Waals surface area (Å²) in [4.78, 5) is 16.1. The third kappa shape index (κ3) is 3.22. The number of hydrogen-bond acceptors (Lipinski definition) is 5. The van der Waals surface area contributed by atoms with Crippen molar-refractivity contribution in [1.82, 2.24) is 4.98 Å². The van der Waals surface area contributed by atoms with Crippen LogP contribution in [0, 0.1) is 25.2 Å². The minimum atomic E-state index is -4.72. The smallest absolute Gasteiger partial charge is 0.297 e. The predicted molar refractivity (Wildman–Crippen MR) is 73.6 cm³/mol. The number of aryl methyl sites for hydroxylation is 2. The highest BCUT2D eigenvalue weighted by atomic mass is 32.1. The number of anilines is 1. The van der Waals surface area contributed by atoms with Crippen molar-refractivity contribution in [2.45, 2.75) is 20.0 Å². The van der Waals surface area contributed by atoms with E-state index in [1.165, 1.54) is 17.4 Å². The van der Waals surface area contributed by atoms with E-state index < -0.39 is 22.7 Å². The Hall–Kier alpha value is -1.92. The van der Waals surface area contributed by atoms with Gasteiger partial charge in [-0.15, -0.1) is 11.3 Å². The lowest BCUT2D eigenvalue weighted by Gasteiger charge is -2.02. The van der Waals surface area contributed by atoms with E-state index >= 15 is 0 Å². The third-order valence-electron chi connectivity index (χ3n) is 2.46. The third-order valence-corrected chi connectivity index (χ3v) is 4.49. The monoisotopic (exact) mass is 331 g/mol. The maximum Gasteiger partial charge on any atom is 0.435 e. The molecule has 0 aliphatic carbocycles. The molecule has 0 aromatic carbocycles. The predicted octanol–water partition coefficient (Wildman–Crippen LogP) is 3.96. The molecule has 0 unspecified atom stereocenters. The molecule has 0 spiro atoms. The summed E-state index contributed by atoms with van der Waals surface area (Å²) < 4.78 is 38.0. The van der Waals surface area contributed by atoms with Crippen molar-refractivity contribution in [3.05, 3.63) is 32.0 Å². The van der Waals surface area contributed by atoms with Gasteiger partial charge in [0.25, 0.3) is 5.91 Å². The lowest BCUT2D eigenvalue weighted by Crippen LogP contribution is -2.12. The van der Waals surface area contributed by atoms with Crippen LogP contribution in [0.3, 0.4) is 0 Å². The average Bonchev–Trinajstić information content (AvgIpc) is 2.92. The fraction of sp³-hybridized carbons (Fsp3) is 0.250. The molecule has 0 saturated heterocycles. The van der Waals surface area contributed by atoms with Gasteiger partial charge in [-0.3, -0.25) is 10.1 Å². The van der Waals surface area contributed by atoms with Crippen molar-refractivity contribution >= 4 is 33.7 Å². The Morgan fingerprint density at radius 1 is 1.38 bits per heavy atom. The zero-order valence-corrected chi connectivity index (χ0v) is 12.5. The molecule has 2 aromatic heterocycles. The first kappa shape index (κ1) is 15.5. The largest absolute Gasteiger partial charge is 0.435 e. The van der Waals surface area contributed by atoms with Gasteiger partial charge < -0.3 is 0 Å². The standard InChI is InChI=1S/C12H8F3N3OS2/c1-5-3-6(2)20-8(5)10(19)18-11-17-9(12(13,14)15)7(4-16)21-11/h3H,1-2H3,(H,17,18,19). The fourth-order valence-electron chi connectivity index (χ4n) is 1.66. The summed E-state index contributed by atoms with van der Waals surface area (Å²) in [6.45, 7) is 3.56. The molecule has 0 aliphatic heterocycles. The van der Waals surface area contributed by atoms with Crippen molar-refractivity contribution in [2.75, 3.05) is 5.32 Å². The Bertz CT molecular complexity index is 740. The van der Waals surface area contributed by atoms with Crippen LogP contribution < -0.4 is 5.32 Å². The van der Waals surface area contributed by atoms with Crippen LogP contribution in [0.25, 0.3) is 0 Å². The van der Waals surface area contributed by atoms with Crippen LogP contribution in [0.1, 0.15) is 30.7 Å². The van der Waals surface area contributed by atoms with Crippen molar-refractivity contribution in [2.24, 2.45) is 0 Å². The molecule has 0 atom stereocenters. The molecule has 0 fully saturated rings. The van der Waals surface area contributed by atoms with E-state index in [2.05, 4.69) is 10.3 Å². The van der Waals surface area contributed by atoms with Crippen LogP contribution in [0.15, 0.2) is 6.07 Å². The fourth-order valence-corrected chi connectivity index (χ4v) is 3.36. The van der Waals surface area contributed by atoms with Gasteiger partial charge in [-0.25, -0.2) is 4.98 Å². The van der Waals surface area contributed by atoms with Crippen LogP contribution in [-0.2, 0) is 6.18 Å². The Balaban J connectivity index is 2.29. The van der Waals surface area contributed by atoms with E-state index in [-0.39, 0.29) is 5.13 Å². The molecule has 110 valence electrons. The van der Waals surface area contributed by atoms with Gasteiger partial charge >= 0.3 is 6.18 Å². The molecule has 1 amide bonds. The summed E-state index contributed by atoms with van der Waals surface area (Å²) in [5, 5.41) is 10.8. The number of halogens is 3. The highest BCUT2D eigenvalue weighted by molar-refractivity contribution is 7.17. The number of thiazole rings is 1. The quantitative estimate of drug-likeness (QED) is 0.905. The lowest BCUT2D eigenvalue weighted by molar-refractivity contribution is -0.140. The van der Waals surface area contributed by atoms with Crippen molar-refractivity contribution in [3.8, 4) is 6.07 Å². The van der Waals surface area contributed by atoms with E-state index in [4.69, 9.17) is 5.26 Å². The molecule has 0 radical (unpaired) electrons. The number of rotatable bonds is 2. The van der Waals surface area contributed by atoms with Gasteiger partial charge in [0.2, 0.25) is 0 Å². The van der Waals surface area contributed by atoms with E-state index in [9.17, 15) is 18.0 Å². The normalized spacial score (nSPS) is 11.2. The van der Waals surface area contributed by atoms with E-state index in [1.807, 2.05) is 13.0 Å². The second kappa shape index (κ2) is 5.46. The molecule has 1 N–H and O–H groups in total. The first-order valence-corrected chi connectivity index (χ1v) is 7.22. The Morgan fingerprint density at radius 3 is 2.48 bits per heavy atom. The van der Waals surface area contributed by atoms with Crippen LogP contribution in [-0.4, -0.2) is 10.9 Å². The molecule has 0 bridgehead atoms. The highest BCUT2D eigenvalue weighted by Crippen LogP contribution is 2.36. The number of amides is 1. The number of aromatic nitrogens is 1. The molecule has 2 rings (SSSR count). The van der Waals surface area contributed by atoms with E-state index in [1.54, 1.807) is 6.92 Å². The first-order chi connectivity index (χ1) is 9.72. The second-order valence-corrected chi connectivity index (χ2v) is 6.39. The first-order valence-electron chi connectivity index (χ1n) is 5.59. The van der Waals surface area contributed by atoms with Crippen LogP contribution in [0.4, 0.5) is 18.3 Å². The van der Waals surface area contributed by atoms with Gasteiger partial charge in [0, 0.05) is 4.88 Å². The molecule has 2 heterocycles. The molecule has 0 saturated carbocycles. The molecule has 9 heteroatoms. The zero-order chi connectivity index (χ0) is 15.8. The number of nitriles is 1. The lowest BCUT2D eigenvalue weighted by atomic mass is 10.2. The van der Waals surface area contributed by atoms with Gasteiger partial charge in [-0.1, -0.05) is 11.3 Å². The number of alkyl halides is 3. The van der Waals surface area contributed by atoms with E-state index in [0.29, 0.717) is 16.2 Å². The Labute approximate surface area is 125 Å². The van der Waals surface area contributed by atoms with Crippen LogP contribution in [0.5, 0.6) is 0 Å². The van der Waals surface area contributed by atoms with Crippen molar-refractivity contribution in [1.29, 1.82) is 5.26 Å². The topological polar surface area (TPSA) is 65.8 Å². The van der Waals surface area contributed by atoms with Gasteiger partial charge in [0.05, 0.1) is 4.88 Å². The van der Waals surface area contributed by atoms with Crippen LogP contribution >= 0.6 is 22.7 Å². The van der Waals surface area contributed by atoms with Gasteiger partial charge in [0.15, 0.2) is 10.8 Å². The van der Waals surface area contributed by atoms with Gasteiger partial charge in [0.1, 0.15) is 10.9 Å². The summed E-state index contributed by atoms with van der Waals surface area (Å²) in [5.74, 6) is -0.530. The molecular weight excluding hydrogens is 323 g/mol. The summed E-state index contributed by atoms with van der Waals surface area (Å²) >= 11 is 1.74. The Morgan fingerprint density at radius 2 is 2.05 bits per heavy atom. The number of hydrogen-bond donors (Lipinski definition) is 1. The summed E-state index contributed by atoms with van der Waals surface area (Å²) in [6.07, 6.45) is -4.72. The number of carbonyl (C=O) groups is 1. The number of thiophene rings is 1. The maximum absolute atomic E-state index is 12.7. The molecule has 2 aromatic rings. The molecule has 4 nitrogen and oxygen atoms in total. The van der Waals surface area contributed by atoms with E-state index in [0.717, 1.165) is 10.4 Å². The van der Waals surface area contributed by atoms with Crippen molar-refractivity contribution < 1.29 is 18.0 Å². The number of nitrogens with zero attached hydrogens (tertiary/aromatic N) is 2. The summed E-state index contributed by atoms with van der Waals surface area (Å²) in [6, 6.07) is 3.25. The van der Waals surface area contributed by atoms with Gasteiger partial charge in [-0.05, 0) is 25.5 Å². The molecule has 21 heavy (non-hydrogen) atoms. The maximum atomic E-state index is 12.7. The molecular formula is C12H8F3N3OS2.